The zero-order chi connectivity index (χ0) is 11.5. The van der Waals surface area contributed by atoms with E-state index in [0.29, 0.717) is 0 Å². The third kappa shape index (κ3) is 1.88. The molecule has 2 rings (SSSR count). The van der Waals surface area contributed by atoms with Crippen LogP contribution in [0.4, 0.5) is 0 Å². The normalized spacial score (nSPS) is 10.0. The number of rotatable bonds is 2. The zero-order valence-electron chi connectivity index (χ0n) is 8.34. The zero-order valence-corrected chi connectivity index (χ0v) is 8.34. The summed E-state index contributed by atoms with van der Waals surface area (Å²) in [6.07, 6.45) is 0. The quantitative estimate of drug-likeness (QED) is 0.806. The summed E-state index contributed by atoms with van der Waals surface area (Å²) in [5, 5.41) is 18.3. The molecule has 79 valence electrons. The molecule has 0 saturated heterocycles. The molecule has 3 heteroatoms. The van der Waals surface area contributed by atoms with Crippen LogP contribution in [0.2, 0.25) is 0 Å². The highest BCUT2D eigenvalue weighted by molar-refractivity contribution is 5.91. The fraction of sp³-hybridized carbons (Fsp3) is 0. The van der Waals surface area contributed by atoms with Gasteiger partial charge in [0.2, 0.25) is 0 Å². The minimum absolute atomic E-state index is 0.0938. The highest BCUT2D eigenvalue weighted by Crippen LogP contribution is 2.26. The van der Waals surface area contributed by atoms with Crippen molar-refractivity contribution in [3.8, 4) is 16.9 Å². The Kier molecular flexibility index (Phi) is 2.60. The highest BCUT2D eigenvalue weighted by atomic mass is 16.4. The van der Waals surface area contributed by atoms with Crippen molar-refractivity contribution in [1.29, 1.82) is 0 Å². The molecule has 0 aliphatic carbocycles. The van der Waals surface area contributed by atoms with E-state index in [1.807, 2.05) is 12.1 Å². The number of phenols is 1. The maximum absolute atomic E-state index is 10.7. The molecule has 3 nitrogen and oxygen atoms in total. The van der Waals surface area contributed by atoms with Gasteiger partial charge in [0, 0.05) is 0 Å². The number of hydrogen-bond acceptors (Lipinski definition) is 2. The van der Waals surface area contributed by atoms with E-state index in [1.165, 1.54) is 12.1 Å². The summed E-state index contributed by atoms with van der Waals surface area (Å²) in [5.74, 6) is -1.36. The molecular formula is C13H9O3. The molecule has 2 N–H and O–H groups in total. The first kappa shape index (κ1) is 10.2. The van der Waals surface area contributed by atoms with Crippen molar-refractivity contribution >= 4 is 5.97 Å². The van der Waals surface area contributed by atoms with Crippen LogP contribution in [-0.2, 0) is 0 Å². The summed E-state index contributed by atoms with van der Waals surface area (Å²) in [7, 11) is 0. The van der Waals surface area contributed by atoms with Crippen LogP contribution in [0.1, 0.15) is 10.4 Å². The van der Waals surface area contributed by atoms with Crippen LogP contribution in [0, 0.1) is 6.07 Å². The van der Waals surface area contributed by atoms with E-state index in [0.717, 1.165) is 11.1 Å². The largest absolute Gasteiger partial charge is 0.507 e. The van der Waals surface area contributed by atoms with Crippen molar-refractivity contribution in [2.75, 3.05) is 0 Å². The Morgan fingerprint density at radius 1 is 1.19 bits per heavy atom. The molecule has 0 atom stereocenters. The second-order valence-corrected chi connectivity index (χ2v) is 3.33. The number of carboxylic acids is 1. The summed E-state index contributed by atoms with van der Waals surface area (Å²) < 4.78 is 0. The lowest BCUT2D eigenvalue weighted by atomic mass is 10.0. The average Bonchev–Trinajstić information content (AvgIpc) is 2.29. The number of aromatic hydroxyl groups is 1. The molecule has 0 fully saturated rings. The van der Waals surface area contributed by atoms with Gasteiger partial charge in [-0.1, -0.05) is 24.3 Å². The van der Waals surface area contributed by atoms with Crippen LogP contribution in [0.5, 0.6) is 5.75 Å². The number of carboxylic acid groups (broad SMARTS) is 1. The Balaban J connectivity index is 2.46. The van der Waals surface area contributed by atoms with Gasteiger partial charge in [-0.3, -0.25) is 0 Å². The molecule has 0 aliphatic rings. The summed E-state index contributed by atoms with van der Waals surface area (Å²) in [4.78, 5) is 10.7. The number of carbonyl (C=O) groups is 1. The molecule has 0 spiro atoms. The van der Waals surface area contributed by atoms with Gasteiger partial charge in [0.05, 0.1) is 0 Å². The molecule has 0 amide bonds. The van der Waals surface area contributed by atoms with Crippen LogP contribution >= 0.6 is 0 Å². The third-order valence-electron chi connectivity index (χ3n) is 2.27. The Labute approximate surface area is 92.6 Å². The molecule has 0 unspecified atom stereocenters. The van der Waals surface area contributed by atoms with Crippen LogP contribution in [-0.4, -0.2) is 16.2 Å². The van der Waals surface area contributed by atoms with Crippen LogP contribution in [0.15, 0.2) is 42.5 Å². The maximum Gasteiger partial charge on any atom is 0.339 e. The topological polar surface area (TPSA) is 57.5 Å². The lowest BCUT2D eigenvalue weighted by molar-refractivity contribution is 0.0694. The van der Waals surface area contributed by atoms with Gasteiger partial charge in [-0.05, 0) is 35.4 Å². The highest BCUT2D eigenvalue weighted by Gasteiger charge is 2.09. The van der Waals surface area contributed by atoms with Gasteiger partial charge in [-0.25, -0.2) is 4.79 Å². The van der Waals surface area contributed by atoms with Crippen molar-refractivity contribution in [1.82, 2.24) is 0 Å². The van der Waals surface area contributed by atoms with Gasteiger partial charge in [-0.15, -0.1) is 0 Å². The Bertz CT molecular complexity index is 518. The monoisotopic (exact) mass is 213 g/mol. The number of hydrogen-bond donors (Lipinski definition) is 2. The van der Waals surface area contributed by atoms with E-state index in [2.05, 4.69) is 6.07 Å². The van der Waals surface area contributed by atoms with Crippen LogP contribution < -0.4 is 0 Å². The smallest absolute Gasteiger partial charge is 0.339 e. The predicted octanol–water partition coefficient (Wildman–Crippen LogP) is 2.56. The van der Waals surface area contributed by atoms with Gasteiger partial charge in [0.15, 0.2) is 0 Å². The molecular weight excluding hydrogens is 204 g/mol. The number of benzene rings is 2. The first-order chi connectivity index (χ1) is 7.68. The minimum atomic E-state index is -1.14. The van der Waals surface area contributed by atoms with Crippen molar-refractivity contribution in [2.45, 2.75) is 0 Å². The SMILES string of the molecule is O=C(O)c1ccc(-c2c[c]ccc2)cc1O. The Morgan fingerprint density at radius 3 is 2.56 bits per heavy atom. The Morgan fingerprint density at radius 2 is 2.00 bits per heavy atom. The standard InChI is InChI=1S/C13H9O3/c14-12-8-10(6-7-11(12)13(15)16)9-4-2-1-3-5-9/h1-2,4-8,14H,(H,15,16). The minimum Gasteiger partial charge on any atom is -0.507 e. The van der Waals surface area contributed by atoms with E-state index < -0.39 is 5.97 Å². The van der Waals surface area contributed by atoms with E-state index in [1.54, 1.807) is 18.2 Å². The maximum atomic E-state index is 10.7. The Hall–Kier alpha value is -2.29. The van der Waals surface area contributed by atoms with Crippen LogP contribution in [0.3, 0.4) is 0 Å². The summed E-state index contributed by atoms with van der Waals surface area (Å²) in [5.41, 5.74) is 1.55. The molecule has 2 aromatic carbocycles. The second-order valence-electron chi connectivity index (χ2n) is 3.33. The van der Waals surface area contributed by atoms with Crippen LogP contribution in [0.25, 0.3) is 11.1 Å². The predicted molar refractivity (Wildman–Crippen MR) is 59.3 cm³/mol. The number of aromatic carboxylic acids is 1. The molecule has 2 aromatic rings. The lowest BCUT2D eigenvalue weighted by Gasteiger charge is -2.04. The van der Waals surface area contributed by atoms with E-state index in [4.69, 9.17) is 5.11 Å². The van der Waals surface area contributed by atoms with Gasteiger partial charge < -0.3 is 10.2 Å². The fourth-order valence-corrected chi connectivity index (χ4v) is 1.46. The van der Waals surface area contributed by atoms with E-state index >= 15 is 0 Å². The molecule has 0 bridgehead atoms. The van der Waals surface area contributed by atoms with E-state index in [9.17, 15) is 9.90 Å². The lowest BCUT2D eigenvalue weighted by Crippen LogP contribution is -1.96. The summed E-state index contributed by atoms with van der Waals surface area (Å²) >= 11 is 0. The molecule has 1 radical (unpaired) electrons. The van der Waals surface area contributed by atoms with Crippen molar-refractivity contribution in [3.63, 3.8) is 0 Å². The first-order valence-electron chi connectivity index (χ1n) is 4.71. The van der Waals surface area contributed by atoms with Crippen molar-refractivity contribution in [2.24, 2.45) is 0 Å². The van der Waals surface area contributed by atoms with Gasteiger partial charge in [0.1, 0.15) is 11.3 Å². The molecule has 16 heavy (non-hydrogen) atoms. The second kappa shape index (κ2) is 4.06. The molecule has 0 aliphatic heterocycles. The van der Waals surface area contributed by atoms with Crippen molar-refractivity contribution < 1.29 is 15.0 Å². The molecule has 0 aromatic heterocycles. The third-order valence-corrected chi connectivity index (χ3v) is 2.27. The van der Waals surface area contributed by atoms with Gasteiger partial charge in [-0.2, -0.15) is 0 Å². The first-order valence-corrected chi connectivity index (χ1v) is 4.71. The summed E-state index contributed by atoms with van der Waals surface area (Å²) in [6.45, 7) is 0. The van der Waals surface area contributed by atoms with Gasteiger partial charge in [0.25, 0.3) is 0 Å². The average molecular weight is 213 g/mol. The van der Waals surface area contributed by atoms with E-state index in [-0.39, 0.29) is 11.3 Å². The van der Waals surface area contributed by atoms with Gasteiger partial charge >= 0.3 is 5.97 Å². The van der Waals surface area contributed by atoms with Crippen molar-refractivity contribution in [3.05, 3.63) is 54.1 Å². The summed E-state index contributed by atoms with van der Waals surface area (Å²) in [6, 6.07) is 14.6. The fourth-order valence-electron chi connectivity index (χ4n) is 1.46. The molecule has 0 saturated carbocycles. The molecule has 0 heterocycles.